The van der Waals surface area contributed by atoms with Gasteiger partial charge in [-0.2, -0.15) is 0 Å². The van der Waals surface area contributed by atoms with Crippen LogP contribution in [-0.2, 0) is 14.4 Å². The standard InChI is InChI=1S/C10H16N2O3/c1-11-7-3-2-4-8(13)12-9(14)5-6-10(12)15/h11H,2-7H2,1H3. The van der Waals surface area contributed by atoms with Crippen LogP contribution in [0.3, 0.4) is 0 Å². The van der Waals surface area contributed by atoms with Crippen LogP contribution >= 0.6 is 0 Å². The minimum absolute atomic E-state index is 0.182. The van der Waals surface area contributed by atoms with Crippen molar-refractivity contribution in [1.82, 2.24) is 10.2 Å². The second kappa shape index (κ2) is 5.60. The van der Waals surface area contributed by atoms with Gasteiger partial charge in [-0.25, -0.2) is 4.90 Å². The van der Waals surface area contributed by atoms with Crippen LogP contribution in [0.15, 0.2) is 0 Å². The second-order valence-corrected chi connectivity index (χ2v) is 3.58. The number of likely N-dealkylation sites (tertiary alicyclic amines) is 1. The fraction of sp³-hybridized carbons (Fsp3) is 0.700. The van der Waals surface area contributed by atoms with Crippen molar-refractivity contribution in [3.8, 4) is 0 Å². The molecule has 1 heterocycles. The number of carbonyl (C=O) groups excluding carboxylic acids is 3. The Hall–Kier alpha value is -1.23. The van der Waals surface area contributed by atoms with Crippen LogP contribution in [0.4, 0.5) is 0 Å². The van der Waals surface area contributed by atoms with E-state index in [1.54, 1.807) is 0 Å². The molecule has 3 amide bonds. The first-order valence-corrected chi connectivity index (χ1v) is 5.20. The van der Waals surface area contributed by atoms with E-state index in [2.05, 4.69) is 5.32 Å². The van der Waals surface area contributed by atoms with E-state index < -0.39 is 0 Å². The number of carbonyl (C=O) groups is 3. The molecule has 0 aromatic rings. The Labute approximate surface area is 88.8 Å². The Bertz CT molecular complexity index is 260. The normalized spacial score (nSPS) is 16.2. The molecule has 5 heteroatoms. The van der Waals surface area contributed by atoms with Gasteiger partial charge < -0.3 is 5.32 Å². The van der Waals surface area contributed by atoms with E-state index in [1.807, 2.05) is 7.05 Å². The summed E-state index contributed by atoms with van der Waals surface area (Å²) in [6.07, 6.45) is 2.22. The number of rotatable bonds is 5. The summed E-state index contributed by atoms with van der Waals surface area (Å²) >= 11 is 0. The number of amides is 3. The van der Waals surface area contributed by atoms with Crippen molar-refractivity contribution in [2.75, 3.05) is 13.6 Å². The van der Waals surface area contributed by atoms with Crippen LogP contribution in [0.1, 0.15) is 32.1 Å². The highest BCUT2D eigenvalue weighted by Gasteiger charge is 2.33. The van der Waals surface area contributed by atoms with E-state index in [1.165, 1.54) is 0 Å². The van der Waals surface area contributed by atoms with Gasteiger partial charge in [0.05, 0.1) is 0 Å². The van der Waals surface area contributed by atoms with Crippen LogP contribution < -0.4 is 5.32 Å². The summed E-state index contributed by atoms with van der Waals surface area (Å²) in [7, 11) is 1.84. The lowest BCUT2D eigenvalue weighted by molar-refractivity contribution is -0.149. The predicted molar refractivity (Wildman–Crippen MR) is 53.9 cm³/mol. The summed E-state index contributed by atoms with van der Waals surface area (Å²) in [6.45, 7) is 0.842. The Morgan fingerprint density at radius 2 is 1.87 bits per heavy atom. The van der Waals surface area contributed by atoms with Crippen LogP contribution in [-0.4, -0.2) is 36.2 Å². The zero-order chi connectivity index (χ0) is 11.3. The van der Waals surface area contributed by atoms with E-state index >= 15 is 0 Å². The fourth-order valence-corrected chi connectivity index (χ4v) is 1.54. The lowest BCUT2D eigenvalue weighted by atomic mass is 10.2. The van der Waals surface area contributed by atoms with Crippen LogP contribution in [0, 0.1) is 0 Å². The summed E-state index contributed by atoms with van der Waals surface area (Å²) in [5.41, 5.74) is 0. The summed E-state index contributed by atoms with van der Waals surface area (Å²) in [5, 5.41) is 2.97. The number of imide groups is 3. The quantitative estimate of drug-likeness (QED) is 0.516. The SMILES string of the molecule is CNCCCCC(=O)N1C(=O)CCC1=O. The molecule has 15 heavy (non-hydrogen) atoms. The highest BCUT2D eigenvalue weighted by Crippen LogP contribution is 2.13. The average molecular weight is 212 g/mol. The Kier molecular flexibility index (Phi) is 4.42. The van der Waals surface area contributed by atoms with Gasteiger partial charge in [-0.3, -0.25) is 14.4 Å². The first-order chi connectivity index (χ1) is 7.16. The zero-order valence-electron chi connectivity index (χ0n) is 8.91. The molecule has 1 rings (SSSR count). The molecular weight excluding hydrogens is 196 g/mol. The molecule has 0 saturated carbocycles. The highest BCUT2D eigenvalue weighted by atomic mass is 16.2. The van der Waals surface area contributed by atoms with Crippen molar-refractivity contribution < 1.29 is 14.4 Å². The predicted octanol–water partition coefficient (Wildman–Crippen LogP) is 0.0517. The lowest BCUT2D eigenvalue weighted by Crippen LogP contribution is -2.35. The molecule has 1 N–H and O–H groups in total. The van der Waals surface area contributed by atoms with Gasteiger partial charge in [0.25, 0.3) is 0 Å². The average Bonchev–Trinajstić information content (AvgIpc) is 2.53. The molecule has 0 bridgehead atoms. The molecule has 1 saturated heterocycles. The maximum absolute atomic E-state index is 11.5. The molecule has 0 spiro atoms. The van der Waals surface area contributed by atoms with Crippen molar-refractivity contribution >= 4 is 17.7 Å². The van der Waals surface area contributed by atoms with Crippen LogP contribution in [0.2, 0.25) is 0 Å². The molecule has 0 radical (unpaired) electrons. The molecule has 1 aliphatic heterocycles. The molecule has 0 aromatic carbocycles. The molecule has 0 atom stereocenters. The van der Waals surface area contributed by atoms with Gasteiger partial charge in [0.1, 0.15) is 0 Å². The van der Waals surface area contributed by atoms with Crippen molar-refractivity contribution in [3.05, 3.63) is 0 Å². The third-order valence-electron chi connectivity index (χ3n) is 2.37. The Morgan fingerprint density at radius 1 is 1.27 bits per heavy atom. The van der Waals surface area contributed by atoms with Gasteiger partial charge in [-0.1, -0.05) is 0 Å². The first kappa shape index (κ1) is 11.8. The zero-order valence-corrected chi connectivity index (χ0v) is 8.91. The van der Waals surface area contributed by atoms with Gasteiger partial charge in [-0.15, -0.1) is 0 Å². The number of nitrogens with zero attached hydrogens (tertiary/aromatic N) is 1. The maximum atomic E-state index is 11.5. The van der Waals surface area contributed by atoms with Crippen molar-refractivity contribution in [3.63, 3.8) is 0 Å². The van der Waals surface area contributed by atoms with Crippen molar-refractivity contribution in [1.29, 1.82) is 0 Å². The third kappa shape index (κ3) is 3.13. The lowest BCUT2D eigenvalue weighted by Gasteiger charge is -2.11. The minimum atomic E-state index is -0.349. The van der Waals surface area contributed by atoms with Gasteiger partial charge >= 0.3 is 0 Å². The third-order valence-corrected chi connectivity index (χ3v) is 2.37. The largest absolute Gasteiger partial charge is 0.320 e. The molecule has 1 fully saturated rings. The maximum Gasteiger partial charge on any atom is 0.236 e. The molecule has 0 aliphatic carbocycles. The summed E-state index contributed by atoms with van der Waals surface area (Å²) in [6, 6.07) is 0. The second-order valence-electron chi connectivity index (χ2n) is 3.58. The number of unbranched alkanes of at least 4 members (excludes halogenated alkanes) is 1. The monoisotopic (exact) mass is 212 g/mol. The van der Waals surface area contributed by atoms with Gasteiger partial charge in [0.2, 0.25) is 17.7 Å². The van der Waals surface area contributed by atoms with Crippen LogP contribution in [0.5, 0.6) is 0 Å². The van der Waals surface area contributed by atoms with Gasteiger partial charge in [0.15, 0.2) is 0 Å². The van der Waals surface area contributed by atoms with Crippen molar-refractivity contribution in [2.45, 2.75) is 32.1 Å². The summed E-state index contributed by atoms with van der Waals surface area (Å²) in [5.74, 6) is -1.05. The first-order valence-electron chi connectivity index (χ1n) is 5.20. The van der Waals surface area contributed by atoms with E-state index in [9.17, 15) is 14.4 Å². The molecule has 5 nitrogen and oxygen atoms in total. The smallest absolute Gasteiger partial charge is 0.236 e. The molecule has 0 unspecified atom stereocenters. The van der Waals surface area contributed by atoms with E-state index in [-0.39, 0.29) is 37.0 Å². The fourth-order valence-electron chi connectivity index (χ4n) is 1.54. The Morgan fingerprint density at radius 3 is 2.40 bits per heavy atom. The van der Waals surface area contributed by atoms with Gasteiger partial charge in [-0.05, 0) is 26.4 Å². The highest BCUT2D eigenvalue weighted by molar-refractivity contribution is 6.14. The molecule has 84 valence electrons. The number of hydrogen-bond acceptors (Lipinski definition) is 4. The molecular formula is C10H16N2O3. The van der Waals surface area contributed by atoms with Crippen LogP contribution in [0.25, 0.3) is 0 Å². The Balaban J connectivity index is 2.33. The van der Waals surface area contributed by atoms with E-state index in [0.717, 1.165) is 17.9 Å². The topological polar surface area (TPSA) is 66.5 Å². The van der Waals surface area contributed by atoms with E-state index in [4.69, 9.17) is 0 Å². The van der Waals surface area contributed by atoms with E-state index in [0.29, 0.717) is 6.42 Å². The summed E-state index contributed by atoms with van der Waals surface area (Å²) < 4.78 is 0. The summed E-state index contributed by atoms with van der Waals surface area (Å²) in [4.78, 5) is 34.7. The molecule has 0 aromatic heterocycles. The molecule has 1 aliphatic rings. The van der Waals surface area contributed by atoms with Gasteiger partial charge in [0, 0.05) is 19.3 Å². The minimum Gasteiger partial charge on any atom is -0.320 e. The van der Waals surface area contributed by atoms with Crippen molar-refractivity contribution in [2.24, 2.45) is 0 Å². The number of hydrogen-bond donors (Lipinski definition) is 1. The number of nitrogens with one attached hydrogen (secondary N) is 1.